The van der Waals surface area contributed by atoms with Gasteiger partial charge in [-0.1, -0.05) is 42.8 Å². The lowest BCUT2D eigenvalue weighted by Crippen LogP contribution is -2.22. The van der Waals surface area contributed by atoms with Gasteiger partial charge in [0.2, 0.25) is 0 Å². The van der Waals surface area contributed by atoms with E-state index in [0.717, 1.165) is 12.5 Å². The maximum Gasteiger partial charge on any atom is 0.198 e. The summed E-state index contributed by atoms with van der Waals surface area (Å²) in [7, 11) is 0. The Balaban J connectivity index is 2.23. The molecule has 0 unspecified atom stereocenters. The number of unbranched alkanes of at least 4 members (excludes halogenated alkanes) is 1. The van der Waals surface area contributed by atoms with Gasteiger partial charge in [0, 0.05) is 16.7 Å². The van der Waals surface area contributed by atoms with Crippen LogP contribution in [0.2, 0.25) is 0 Å². The van der Waals surface area contributed by atoms with E-state index in [1.54, 1.807) is 12.1 Å². The molecule has 6 heteroatoms. The third-order valence-corrected chi connectivity index (χ3v) is 4.35. The maximum absolute atomic E-state index is 12.8. The van der Waals surface area contributed by atoms with E-state index in [9.17, 15) is 25.0 Å². The zero-order valence-corrected chi connectivity index (χ0v) is 13.6. The molecule has 0 spiro atoms. The van der Waals surface area contributed by atoms with Crippen molar-refractivity contribution in [3.63, 3.8) is 0 Å². The average Bonchev–Trinajstić information content (AvgIpc) is 2.62. The number of ketones is 2. The van der Waals surface area contributed by atoms with Crippen LogP contribution < -0.4 is 0 Å². The molecule has 1 aliphatic rings. The molecule has 0 aromatic heterocycles. The normalized spacial score (nSPS) is 13.6. The van der Waals surface area contributed by atoms with Gasteiger partial charge in [-0.3, -0.25) is 9.59 Å². The minimum Gasteiger partial charge on any atom is -0.507 e. The fourth-order valence-corrected chi connectivity index (χ4v) is 3.06. The van der Waals surface area contributed by atoms with Crippen LogP contribution in [0.25, 0.3) is 0 Å². The zero-order valence-electron chi connectivity index (χ0n) is 13.6. The van der Waals surface area contributed by atoms with E-state index in [2.05, 4.69) is 5.16 Å². The molecule has 0 bridgehead atoms. The molecule has 3 N–H and O–H groups in total. The van der Waals surface area contributed by atoms with Gasteiger partial charge >= 0.3 is 0 Å². The van der Waals surface area contributed by atoms with Gasteiger partial charge in [-0.05, 0) is 18.9 Å². The summed E-state index contributed by atoms with van der Waals surface area (Å²) in [5, 5.41) is 33.4. The molecule has 6 nitrogen and oxygen atoms in total. The fraction of sp³-hybridized carbons (Fsp3) is 0.211. The van der Waals surface area contributed by atoms with E-state index in [4.69, 9.17) is 0 Å². The molecule has 1 aliphatic carbocycles. The molecule has 0 saturated carbocycles. The number of fused-ring (bicyclic) bond motifs is 2. The summed E-state index contributed by atoms with van der Waals surface area (Å²) < 4.78 is 0. The molecular weight excluding hydrogens is 322 g/mol. The lowest BCUT2D eigenvalue weighted by atomic mass is 9.81. The molecule has 0 amide bonds. The van der Waals surface area contributed by atoms with E-state index < -0.39 is 23.1 Å². The first-order chi connectivity index (χ1) is 12.0. The Morgan fingerprint density at radius 3 is 2.20 bits per heavy atom. The second-order valence-electron chi connectivity index (χ2n) is 5.90. The highest BCUT2D eigenvalue weighted by Gasteiger charge is 2.36. The molecule has 0 atom stereocenters. The number of carbonyl (C=O) groups excluding carboxylic acids is 2. The topological polar surface area (TPSA) is 107 Å². The highest BCUT2D eigenvalue weighted by atomic mass is 16.4. The molecular formula is C19H17NO5. The van der Waals surface area contributed by atoms with Crippen molar-refractivity contribution in [1.82, 2.24) is 0 Å². The number of oxime groups is 1. The molecule has 128 valence electrons. The van der Waals surface area contributed by atoms with Gasteiger partial charge < -0.3 is 15.4 Å². The van der Waals surface area contributed by atoms with E-state index in [1.165, 1.54) is 12.1 Å². The molecule has 0 fully saturated rings. The zero-order chi connectivity index (χ0) is 18.1. The van der Waals surface area contributed by atoms with Gasteiger partial charge in [0.1, 0.15) is 11.5 Å². The van der Waals surface area contributed by atoms with Gasteiger partial charge in [-0.2, -0.15) is 0 Å². The Morgan fingerprint density at radius 1 is 1.04 bits per heavy atom. The number of phenolic OH excluding ortho intramolecular Hbond substituents is 2. The van der Waals surface area contributed by atoms with Crippen LogP contribution in [-0.2, 0) is 0 Å². The number of aromatic hydroxyl groups is 2. The standard InChI is InChI=1S/C19H17NO5/c1-2-3-8-13(20-25)12-9-14(21)15-16(19(12)24)18(23)11-7-5-4-6-10(11)17(15)22/h4-7,9,21,24-25H,2-3,8H2,1H3/b20-13+. The summed E-state index contributed by atoms with van der Waals surface area (Å²) in [4.78, 5) is 25.4. The van der Waals surface area contributed by atoms with E-state index >= 15 is 0 Å². The monoisotopic (exact) mass is 339 g/mol. The lowest BCUT2D eigenvalue weighted by molar-refractivity contribution is 0.0974. The molecule has 0 saturated heterocycles. The van der Waals surface area contributed by atoms with E-state index in [-0.39, 0.29) is 33.5 Å². The molecule has 25 heavy (non-hydrogen) atoms. The summed E-state index contributed by atoms with van der Waals surface area (Å²) in [5.74, 6) is -1.95. The quantitative estimate of drug-likeness (QED) is 0.293. The molecule has 0 heterocycles. The van der Waals surface area contributed by atoms with Crippen molar-refractivity contribution in [3.05, 3.63) is 58.1 Å². The van der Waals surface area contributed by atoms with E-state index in [0.29, 0.717) is 12.8 Å². The number of carbonyl (C=O) groups is 2. The van der Waals surface area contributed by atoms with Crippen LogP contribution in [0.1, 0.15) is 63.6 Å². The smallest absolute Gasteiger partial charge is 0.198 e. The highest BCUT2D eigenvalue weighted by Crippen LogP contribution is 2.40. The Labute approximate surface area is 144 Å². The van der Waals surface area contributed by atoms with Crippen LogP contribution >= 0.6 is 0 Å². The van der Waals surface area contributed by atoms with Crippen molar-refractivity contribution >= 4 is 17.3 Å². The summed E-state index contributed by atoms with van der Waals surface area (Å²) in [6, 6.07) is 7.42. The van der Waals surface area contributed by atoms with Crippen LogP contribution in [-0.4, -0.2) is 32.7 Å². The maximum atomic E-state index is 12.8. The minimum absolute atomic E-state index is 0.0488. The van der Waals surface area contributed by atoms with Gasteiger partial charge in [0.15, 0.2) is 11.6 Å². The van der Waals surface area contributed by atoms with Gasteiger partial charge in [0.05, 0.1) is 16.8 Å². The molecule has 2 aromatic carbocycles. The van der Waals surface area contributed by atoms with Crippen molar-refractivity contribution in [3.8, 4) is 11.5 Å². The second kappa shape index (κ2) is 6.39. The summed E-state index contributed by atoms with van der Waals surface area (Å²) in [5.41, 5.74) is 0.0748. The van der Waals surface area contributed by atoms with Gasteiger partial charge in [-0.25, -0.2) is 0 Å². The first-order valence-electron chi connectivity index (χ1n) is 7.99. The minimum atomic E-state index is -0.548. The lowest BCUT2D eigenvalue weighted by Gasteiger charge is -2.21. The number of benzene rings is 2. The number of nitrogens with zero attached hydrogens (tertiary/aromatic N) is 1. The van der Waals surface area contributed by atoms with Gasteiger partial charge in [0.25, 0.3) is 0 Å². The highest BCUT2D eigenvalue weighted by molar-refractivity contribution is 6.31. The summed E-state index contributed by atoms with van der Waals surface area (Å²) in [6.07, 6.45) is 1.89. The van der Waals surface area contributed by atoms with Crippen LogP contribution in [0, 0.1) is 0 Å². The van der Waals surface area contributed by atoms with Crippen molar-refractivity contribution in [2.75, 3.05) is 0 Å². The third-order valence-electron chi connectivity index (χ3n) is 4.35. The van der Waals surface area contributed by atoms with Crippen LogP contribution in [0.4, 0.5) is 0 Å². The van der Waals surface area contributed by atoms with Crippen molar-refractivity contribution in [2.45, 2.75) is 26.2 Å². The van der Waals surface area contributed by atoms with Crippen molar-refractivity contribution < 1.29 is 25.0 Å². The largest absolute Gasteiger partial charge is 0.507 e. The van der Waals surface area contributed by atoms with Crippen LogP contribution in [0.5, 0.6) is 11.5 Å². The Kier molecular flexibility index (Phi) is 4.27. The first-order valence-corrected chi connectivity index (χ1v) is 7.99. The number of phenols is 2. The molecule has 3 rings (SSSR count). The Morgan fingerprint density at radius 2 is 1.64 bits per heavy atom. The number of hydrogen-bond donors (Lipinski definition) is 3. The van der Waals surface area contributed by atoms with E-state index in [1.807, 2.05) is 6.92 Å². The second-order valence-corrected chi connectivity index (χ2v) is 5.90. The SMILES string of the molecule is CCCC/C(=N\O)c1cc(O)c2c(c1O)C(=O)c1ccccc1C2=O. The Hall–Kier alpha value is -3.15. The van der Waals surface area contributed by atoms with Crippen molar-refractivity contribution in [2.24, 2.45) is 5.16 Å². The van der Waals surface area contributed by atoms with Gasteiger partial charge in [-0.15, -0.1) is 0 Å². The predicted molar refractivity (Wildman–Crippen MR) is 90.9 cm³/mol. The van der Waals surface area contributed by atoms with Crippen LogP contribution in [0.15, 0.2) is 35.5 Å². The number of rotatable bonds is 4. The molecule has 2 aromatic rings. The first kappa shape index (κ1) is 16.7. The van der Waals surface area contributed by atoms with Crippen molar-refractivity contribution in [1.29, 1.82) is 0 Å². The summed E-state index contributed by atoms with van der Waals surface area (Å²) >= 11 is 0. The summed E-state index contributed by atoms with van der Waals surface area (Å²) in [6.45, 7) is 1.96. The Bertz CT molecular complexity index is 914. The average molecular weight is 339 g/mol. The van der Waals surface area contributed by atoms with Crippen LogP contribution in [0.3, 0.4) is 0 Å². The fourth-order valence-electron chi connectivity index (χ4n) is 3.06. The third kappa shape index (κ3) is 2.55. The molecule has 0 aliphatic heterocycles. The number of hydrogen-bond acceptors (Lipinski definition) is 6. The molecule has 0 radical (unpaired) electrons. The predicted octanol–water partition coefficient (Wildman–Crippen LogP) is 3.24.